The van der Waals surface area contributed by atoms with Gasteiger partial charge in [-0.15, -0.1) is 0 Å². The number of nitriles is 1. The van der Waals surface area contributed by atoms with Gasteiger partial charge in [0.1, 0.15) is 6.54 Å². The molecular formula is C7H5ClN4O2. The van der Waals surface area contributed by atoms with Gasteiger partial charge in [-0.3, -0.25) is 10.1 Å². The molecule has 72 valence electrons. The molecule has 1 rings (SSSR count). The fourth-order valence-corrected chi connectivity index (χ4v) is 0.979. The van der Waals surface area contributed by atoms with E-state index in [2.05, 4.69) is 10.3 Å². The van der Waals surface area contributed by atoms with Crippen molar-refractivity contribution >= 4 is 23.1 Å². The monoisotopic (exact) mass is 212 g/mol. The van der Waals surface area contributed by atoms with Crippen molar-refractivity contribution in [2.24, 2.45) is 0 Å². The lowest BCUT2D eigenvalue weighted by atomic mass is 10.4. The highest BCUT2D eigenvalue weighted by atomic mass is 35.5. The van der Waals surface area contributed by atoms with E-state index in [0.717, 1.165) is 0 Å². The molecule has 0 amide bonds. The van der Waals surface area contributed by atoms with E-state index in [0.29, 0.717) is 0 Å². The Bertz CT molecular complexity index is 401. The van der Waals surface area contributed by atoms with Crippen molar-refractivity contribution in [3.8, 4) is 6.07 Å². The summed E-state index contributed by atoms with van der Waals surface area (Å²) in [6.45, 7) is -0.0462. The van der Waals surface area contributed by atoms with Crippen LogP contribution in [0.3, 0.4) is 0 Å². The second-order valence-corrected chi connectivity index (χ2v) is 2.73. The Morgan fingerprint density at radius 2 is 2.50 bits per heavy atom. The Balaban J connectivity index is 3.03. The van der Waals surface area contributed by atoms with E-state index in [9.17, 15) is 10.1 Å². The first-order valence-electron chi connectivity index (χ1n) is 3.56. The first kappa shape index (κ1) is 10.2. The lowest BCUT2D eigenvalue weighted by Crippen LogP contribution is -2.04. The van der Waals surface area contributed by atoms with E-state index in [1.165, 1.54) is 12.3 Å². The van der Waals surface area contributed by atoms with Gasteiger partial charge >= 0.3 is 5.69 Å². The van der Waals surface area contributed by atoms with Gasteiger partial charge in [0, 0.05) is 12.3 Å². The summed E-state index contributed by atoms with van der Waals surface area (Å²) in [5.74, 6) is 0.0425. The Morgan fingerprint density at radius 1 is 1.79 bits per heavy atom. The van der Waals surface area contributed by atoms with Crippen LogP contribution in [0, 0.1) is 21.4 Å². The molecule has 1 heterocycles. The molecule has 0 unspecified atom stereocenters. The molecule has 0 spiro atoms. The first-order valence-corrected chi connectivity index (χ1v) is 3.93. The largest absolute Gasteiger partial charge is 0.351 e. The van der Waals surface area contributed by atoms with Crippen LogP contribution in [0.5, 0.6) is 0 Å². The van der Waals surface area contributed by atoms with Gasteiger partial charge < -0.3 is 5.32 Å². The van der Waals surface area contributed by atoms with Crippen LogP contribution >= 0.6 is 11.6 Å². The molecule has 0 atom stereocenters. The third kappa shape index (κ3) is 2.31. The fourth-order valence-electron chi connectivity index (χ4n) is 0.827. The number of nitrogens with zero attached hydrogens (tertiary/aromatic N) is 3. The number of aromatic nitrogens is 1. The molecule has 6 nitrogen and oxygen atoms in total. The molecule has 0 aromatic carbocycles. The van der Waals surface area contributed by atoms with Crippen molar-refractivity contribution < 1.29 is 4.92 Å². The zero-order valence-electron chi connectivity index (χ0n) is 6.90. The van der Waals surface area contributed by atoms with Crippen molar-refractivity contribution in [2.75, 3.05) is 11.9 Å². The van der Waals surface area contributed by atoms with E-state index in [4.69, 9.17) is 16.9 Å². The van der Waals surface area contributed by atoms with Crippen LogP contribution in [0.4, 0.5) is 11.5 Å². The number of nitro groups is 1. The molecule has 0 aliphatic carbocycles. The molecule has 0 saturated carbocycles. The number of rotatable bonds is 3. The number of hydrogen-bond acceptors (Lipinski definition) is 5. The summed E-state index contributed by atoms with van der Waals surface area (Å²) < 4.78 is 0. The molecular weight excluding hydrogens is 208 g/mol. The molecule has 0 bridgehead atoms. The molecule has 0 radical (unpaired) electrons. The van der Waals surface area contributed by atoms with E-state index in [1.807, 2.05) is 0 Å². The topological polar surface area (TPSA) is 91.8 Å². The highest BCUT2D eigenvalue weighted by Gasteiger charge is 2.15. The molecule has 7 heteroatoms. The van der Waals surface area contributed by atoms with Crippen molar-refractivity contribution in [1.29, 1.82) is 5.26 Å². The second-order valence-electron chi connectivity index (χ2n) is 2.29. The number of hydrogen-bond donors (Lipinski definition) is 1. The van der Waals surface area contributed by atoms with E-state index in [1.54, 1.807) is 6.07 Å². The molecule has 1 aromatic heterocycles. The minimum Gasteiger partial charge on any atom is -0.351 e. The molecule has 1 aromatic rings. The Hall–Kier alpha value is -1.87. The van der Waals surface area contributed by atoms with Crippen molar-refractivity contribution in [1.82, 2.24) is 4.98 Å². The molecule has 0 fully saturated rings. The van der Waals surface area contributed by atoms with Gasteiger partial charge in [0.2, 0.25) is 5.82 Å². The van der Waals surface area contributed by atoms with Gasteiger partial charge in [0.25, 0.3) is 0 Å². The van der Waals surface area contributed by atoms with Crippen LogP contribution in [0.2, 0.25) is 5.02 Å². The second kappa shape index (κ2) is 4.39. The van der Waals surface area contributed by atoms with E-state index in [-0.39, 0.29) is 23.1 Å². The van der Waals surface area contributed by atoms with Gasteiger partial charge in [-0.25, -0.2) is 4.98 Å². The minimum absolute atomic E-state index is 0.0425. The third-order valence-corrected chi connectivity index (χ3v) is 1.57. The standard InChI is InChI=1S/C7H5ClN4O2/c8-5-3-6(12(13)14)7(11-4-5)10-2-1-9/h3-4H,2H2,(H,10,11). The Labute approximate surface area is 84.3 Å². The van der Waals surface area contributed by atoms with Gasteiger partial charge in [-0.1, -0.05) is 11.6 Å². The predicted octanol–water partition coefficient (Wildman–Crippen LogP) is 1.58. The number of halogens is 1. The zero-order valence-corrected chi connectivity index (χ0v) is 7.65. The van der Waals surface area contributed by atoms with Gasteiger partial charge in [-0.05, 0) is 0 Å². The summed E-state index contributed by atoms with van der Waals surface area (Å²) in [6, 6.07) is 2.97. The average Bonchev–Trinajstić information content (AvgIpc) is 2.15. The SMILES string of the molecule is N#CCNc1ncc(Cl)cc1[N+](=O)[O-]. The lowest BCUT2D eigenvalue weighted by molar-refractivity contribution is -0.384. The molecule has 14 heavy (non-hydrogen) atoms. The van der Waals surface area contributed by atoms with Crippen LogP contribution in [0.25, 0.3) is 0 Å². The van der Waals surface area contributed by atoms with Crippen LogP contribution in [0.1, 0.15) is 0 Å². The number of nitrogens with one attached hydrogen (secondary N) is 1. The summed E-state index contributed by atoms with van der Waals surface area (Å²) in [5, 5.41) is 21.5. The summed E-state index contributed by atoms with van der Waals surface area (Å²) in [7, 11) is 0. The van der Waals surface area contributed by atoms with E-state index >= 15 is 0 Å². The lowest BCUT2D eigenvalue weighted by Gasteiger charge is -2.01. The normalized spacial score (nSPS) is 9.14. The molecule has 0 aliphatic rings. The van der Waals surface area contributed by atoms with Crippen LogP contribution in [-0.4, -0.2) is 16.5 Å². The summed E-state index contributed by atoms with van der Waals surface area (Å²) in [6.07, 6.45) is 1.27. The molecule has 1 N–H and O–H groups in total. The summed E-state index contributed by atoms with van der Waals surface area (Å²) in [4.78, 5) is 13.6. The predicted molar refractivity (Wildman–Crippen MR) is 50.0 cm³/mol. The average molecular weight is 213 g/mol. The van der Waals surface area contributed by atoms with Crippen LogP contribution in [-0.2, 0) is 0 Å². The van der Waals surface area contributed by atoms with Crippen molar-refractivity contribution in [3.05, 3.63) is 27.4 Å². The van der Waals surface area contributed by atoms with Crippen LogP contribution in [0.15, 0.2) is 12.3 Å². The quantitative estimate of drug-likeness (QED) is 0.467. The maximum Gasteiger partial charge on any atom is 0.312 e. The molecule has 0 aliphatic heterocycles. The van der Waals surface area contributed by atoms with Crippen molar-refractivity contribution in [2.45, 2.75) is 0 Å². The van der Waals surface area contributed by atoms with Crippen LogP contribution < -0.4 is 5.32 Å². The van der Waals surface area contributed by atoms with Gasteiger partial charge in [-0.2, -0.15) is 5.26 Å². The minimum atomic E-state index is -0.613. The fraction of sp³-hybridized carbons (Fsp3) is 0.143. The Kier molecular flexibility index (Phi) is 3.20. The van der Waals surface area contributed by atoms with E-state index < -0.39 is 4.92 Å². The van der Waals surface area contributed by atoms with Gasteiger partial charge in [0.05, 0.1) is 16.0 Å². The maximum atomic E-state index is 10.5. The summed E-state index contributed by atoms with van der Waals surface area (Å²) in [5.41, 5.74) is -0.243. The molecule has 0 saturated heterocycles. The highest BCUT2D eigenvalue weighted by molar-refractivity contribution is 6.30. The highest BCUT2D eigenvalue weighted by Crippen LogP contribution is 2.24. The zero-order chi connectivity index (χ0) is 10.6. The maximum absolute atomic E-state index is 10.5. The van der Waals surface area contributed by atoms with Gasteiger partial charge in [0.15, 0.2) is 0 Å². The number of anilines is 1. The third-order valence-electron chi connectivity index (χ3n) is 1.37. The Morgan fingerprint density at radius 3 is 3.07 bits per heavy atom. The first-order chi connectivity index (χ1) is 6.65. The van der Waals surface area contributed by atoms with Crippen molar-refractivity contribution in [3.63, 3.8) is 0 Å². The smallest absolute Gasteiger partial charge is 0.312 e. The summed E-state index contributed by atoms with van der Waals surface area (Å²) >= 11 is 5.54. The number of pyridine rings is 1.